The molecule has 27 heavy (non-hydrogen) atoms. The van der Waals surface area contributed by atoms with Crippen LogP contribution in [0.2, 0.25) is 5.02 Å². The van der Waals surface area contributed by atoms with Crippen LogP contribution < -0.4 is 21.3 Å². The predicted molar refractivity (Wildman–Crippen MR) is 107 cm³/mol. The minimum atomic E-state index is -0.557. The Hall–Kier alpha value is -2.87. The largest absolute Gasteiger partial charge is 0.459 e. The molecule has 0 atom stereocenters. The zero-order valence-electron chi connectivity index (χ0n) is 15.8. The molecule has 2 aromatic rings. The maximum atomic E-state index is 12.8. The first-order chi connectivity index (χ1) is 12.8. The van der Waals surface area contributed by atoms with Crippen molar-refractivity contribution < 1.29 is 18.7 Å². The van der Waals surface area contributed by atoms with Gasteiger partial charge in [-0.2, -0.15) is 0 Å². The van der Waals surface area contributed by atoms with Crippen molar-refractivity contribution in [2.75, 3.05) is 42.4 Å². The van der Waals surface area contributed by atoms with Gasteiger partial charge >= 0.3 is 5.97 Å². The molecule has 1 aromatic heterocycles. The van der Waals surface area contributed by atoms with Crippen molar-refractivity contribution in [1.82, 2.24) is 0 Å². The number of anilines is 4. The number of benzene rings is 1. The van der Waals surface area contributed by atoms with E-state index in [4.69, 9.17) is 20.8 Å². The Morgan fingerprint density at radius 2 is 1.74 bits per heavy atom. The summed E-state index contributed by atoms with van der Waals surface area (Å²) in [6, 6.07) is 4.60. The number of hydrogen-bond acceptors (Lipinski definition) is 7. The number of hydrogen-bond donors (Lipinski definition) is 4. The van der Waals surface area contributed by atoms with E-state index in [0.29, 0.717) is 28.7 Å². The molecular formula is C18H23ClN4O4. The first kappa shape index (κ1) is 20.4. The third-order valence-electron chi connectivity index (χ3n) is 3.63. The van der Waals surface area contributed by atoms with Crippen LogP contribution in [0, 0.1) is 0 Å². The number of amides is 1. The molecule has 0 fully saturated rings. The Morgan fingerprint density at radius 1 is 1.07 bits per heavy atom. The van der Waals surface area contributed by atoms with Crippen molar-refractivity contribution in [3.05, 3.63) is 34.3 Å². The number of ether oxygens (including phenoxy) is 1. The molecular weight excluding hydrogens is 372 g/mol. The van der Waals surface area contributed by atoms with Gasteiger partial charge in [0.05, 0.1) is 16.7 Å². The Balaban J connectivity index is 2.34. The molecule has 8 nitrogen and oxygen atoms in total. The van der Waals surface area contributed by atoms with Gasteiger partial charge in [-0.25, -0.2) is 4.79 Å². The summed E-state index contributed by atoms with van der Waals surface area (Å²) in [5, 5.41) is 11.7. The fourth-order valence-electron chi connectivity index (χ4n) is 2.47. The smallest absolute Gasteiger partial charge is 0.339 e. The topological polar surface area (TPSA) is 105 Å². The lowest BCUT2D eigenvalue weighted by molar-refractivity contribution is 0.0378. The van der Waals surface area contributed by atoms with Crippen molar-refractivity contribution in [3.63, 3.8) is 0 Å². The summed E-state index contributed by atoms with van der Waals surface area (Å²) >= 11 is 6.09. The van der Waals surface area contributed by atoms with Crippen molar-refractivity contribution >= 4 is 46.6 Å². The van der Waals surface area contributed by atoms with Crippen molar-refractivity contribution in [2.24, 2.45) is 0 Å². The highest BCUT2D eigenvalue weighted by atomic mass is 35.5. The highest BCUT2D eigenvalue weighted by Gasteiger charge is 2.25. The van der Waals surface area contributed by atoms with E-state index < -0.39 is 11.9 Å². The molecule has 0 unspecified atom stereocenters. The third kappa shape index (κ3) is 4.46. The molecule has 1 heterocycles. The standard InChI is InChI=1S/C18H23ClN4O4/c1-9(2)26-18(25)11-8-10(6-7-12(11)19)23-15(24)13-14(20-3)17(22-5)27-16(13)21-4/h6-9,20-22H,1-5H3,(H,23,24). The molecule has 0 spiro atoms. The molecule has 0 saturated heterocycles. The minimum Gasteiger partial charge on any atom is -0.459 e. The fraction of sp³-hybridized carbons (Fsp3) is 0.333. The molecule has 0 bridgehead atoms. The van der Waals surface area contributed by atoms with Gasteiger partial charge < -0.3 is 30.4 Å². The summed E-state index contributed by atoms with van der Waals surface area (Å²) in [4.78, 5) is 25.0. The summed E-state index contributed by atoms with van der Waals surface area (Å²) in [5.74, 6) is -0.253. The molecule has 2 rings (SSSR count). The molecule has 1 aromatic carbocycles. The second-order valence-electron chi connectivity index (χ2n) is 5.86. The summed E-state index contributed by atoms with van der Waals surface area (Å²) < 4.78 is 10.8. The molecule has 146 valence electrons. The maximum absolute atomic E-state index is 12.8. The van der Waals surface area contributed by atoms with Gasteiger partial charge in [0, 0.05) is 26.8 Å². The number of carbonyl (C=O) groups is 2. The SMILES string of the molecule is CNc1oc(NC)c(C(=O)Nc2ccc(Cl)c(C(=O)OC(C)C)c2)c1NC. The van der Waals surface area contributed by atoms with Crippen LogP contribution in [0.15, 0.2) is 22.6 Å². The normalized spacial score (nSPS) is 10.5. The Bertz CT molecular complexity index is 848. The maximum Gasteiger partial charge on any atom is 0.339 e. The molecule has 0 aliphatic heterocycles. The number of esters is 1. The average Bonchev–Trinajstić information content (AvgIpc) is 3.00. The van der Waals surface area contributed by atoms with Crippen LogP contribution in [0.5, 0.6) is 0 Å². The van der Waals surface area contributed by atoms with Gasteiger partial charge in [0.25, 0.3) is 5.91 Å². The van der Waals surface area contributed by atoms with E-state index >= 15 is 0 Å². The number of rotatable bonds is 7. The number of halogens is 1. The lowest BCUT2D eigenvalue weighted by atomic mass is 10.1. The van der Waals surface area contributed by atoms with E-state index in [9.17, 15) is 9.59 Å². The number of nitrogens with one attached hydrogen (secondary N) is 4. The summed E-state index contributed by atoms with van der Waals surface area (Å²) in [5.41, 5.74) is 1.38. The van der Waals surface area contributed by atoms with E-state index in [2.05, 4.69) is 21.3 Å². The minimum absolute atomic E-state index is 0.175. The van der Waals surface area contributed by atoms with Gasteiger partial charge in [0.15, 0.2) is 0 Å². The number of furan rings is 1. The van der Waals surface area contributed by atoms with E-state index in [1.54, 1.807) is 41.1 Å². The summed E-state index contributed by atoms with van der Waals surface area (Å²) in [7, 11) is 5.02. The highest BCUT2D eigenvalue weighted by Crippen LogP contribution is 2.36. The van der Waals surface area contributed by atoms with E-state index in [1.165, 1.54) is 12.1 Å². The lowest BCUT2D eigenvalue weighted by Gasteiger charge is -2.12. The molecule has 9 heteroatoms. The van der Waals surface area contributed by atoms with Crippen LogP contribution in [-0.2, 0) is 4.74 Å². The molecule has 0 radical (unpaired) electrons. The van der Waals surface area contributed by atoms with Gasteiger partial charge in [-0.3, -0.25) is 4.79 Å². The van der Waals surface area contributed by atoms with Crippen LogP contribution in [0.25, 0.3) is 0 Å². The quantitative estimate of drug-likeness (QED) is 0.528. The van der Waals surface area contributed by atoms with Gasteiger partial charge in [-0.15, -0.1) is 0 Å². The Morgan fingerprint density at radius 3 is 2.30 bits per heavy atom. The first-order valence-corrected chi connectivity index (χ1v) is 8.72. The summed E-state index contributed by atoms with van der Waals surface area (Å²) in [6.07, 6.45) is -0.283. The average molecular weight is 395 g/mol. The monoisotopic (exact) mass is 394 g/mol. The Labute approximate surface area is 162 Å². The van der Waals surface area contributed by atoms with E-state index in [-0.39, 0.29) is 16.7 Å². The van der Waals surface area contributed by atoms with Crippen LogP contribution in [0.1, 0.15) is 34.6 Å². The molecule has 1 amide bonds. The number of carbonyl (C=O) groups excluding carboxylic acids is 2. The van der Waals surface area contributed by atoms with Crippen LogP contribution in [0.4, 0.5) is 23.1 Å². The first-order valence-electron chi connectivity index (χ1n) is 8.34. The van der Waals surface area contributed by atoms with Gasteiger partial charge in [0.2, 0.25) is 11.8 Å². The van der Waals surface area contributed by atoms with Crippen molar-refractivity contribution in [2.45, 2.75) is 20.0 Å². The molecule has 0 saturated carbocycles. The van der Waals surface area contributed by atoms with Crippen LogP contribution in [-0.4, -0.2) is 39.1 Å². The second-order valence-corrected chi connectivity index (χ2v) is 6.27. The Kier molecular flexibility index (Phi) is 6.57. The van der Waals surface area contributed by atoms with Crippen LogP contribution in [0.3, 0.4) is 0 Å². The van der Waals surface area contributed by atoms with Gasteiger partial charge in [-0.1, -0.05) is 11.6 Å². The van der Waals surface area contributed by atoms with Gasteiger partial charge in [0.1, 0.15) is 11.3 Å². The van der Waals surface area contributed by atoms with E-state index in [1.807, 2.05) is 0 Å². The third-order valence-corrected chi connectivity index (χ3v) is 3.96. The van der Waals surface area contributed by atoms with Crippen molar-refractivity contribution in [1.29, 1.82) is 0 Å². The second kappa shape index (κ2) is 8.68. The van der Waals surface area contributed by atoms with Crippen LogP contribution >= 0.6 is 11.6 Å². The lowest BCUT2D eigenvalue weighted by Crippen LogP contribution is -2.16. The zero-order chi connectivity index (χ0) is 20.1. The highest BCUT2D eigenvalue weighted by molar-refractivity contribution is 6.33. The summed E-state index contributed by atoms with van der Waals surface area (Å²) in [6.45, 7) is 3.49. The zero-order valence-corrected chi connectivity index (χ0v) is 16.6. The van der Waals surface area contributed by atoms with Gasteiger partial charge in [-0.05, 0) is 32.0 Å². The molecule has 4 N–H and O–H groups in total. The molecule has 0 aliphatic rings. The molecule has 0 aliphatic carbocycles. The fourth-order valence-corrected chi connectivity index (χ4v) is 2.66. The van der Waals surface area contributed by atoms with E-state index in [0.717, 1.165) is 0 Å². The van der Waals surface area contributed by atoms with Crippen molar-refractivity contribution in [3.8, 4) is 0 Å². The predicted octanol–water partition coefficient (Wildman–Crippen LogP) is 3.88.